The summed E-state index contributed by atoms with van der Waals surface area (Å²) in [5, 5.41) is 3.59. The minimum Gasteiger partial charge on any atom is -0.492 e. The van der Waals surface area contributed by atoms with Crippen molar-refractivity contribution in [3.8, 4) is 11.5 Å². The van der Waals surface area contributed by atoms with Gasteiger partial charge in [-0.15, -0.1) is 11.3 Å². The van der Waals surface area contributed by atoms with Gasteiger partial charge in [-0.1, -0.05) is 23.7 Å². The van der Waals surface area contributed by atoms with Crippen molar-refractivity contribution in [2.75, 3.05) is 20.2 Å². The van der Waals surface area contributed by atoms with Crippen LogP contribution in [0.2, 0.25) is 5.02 Å². The number of aromatic nitrogens is 1. The van der Waals surface area contributed by atoms with E-state index in [1.807, 2.05) is 36.6 Å². The summed E-state index contributed by atoms with van der Waals surface area (Å²) in [6, 6.07) is 14.3. The van der Waals surface area contributed by atoms with Crippen LogP contribution in [-0.2, 0) is 6.61 Å². The maximum absolute atomic E-state index is 12.7. The number of thiazole rings is 1. The van der Waals surface area contributed by atoms with E-state index in [2.05, 4.69) is 4.98 Å². The Morgan fingerprint density at radius 2 is 1.89 bits per heavy atom. The van der Waals surface area contributed by atoms with Crippen molar-refractivity contribution in [1.29, 1.82) is 0 Å². The molecule has 0 radical (unpaired) electrons. The molecule has 0 saturated heterocycles. The van der Waals surface area contributed by atoms with Crippen LogP contribution in [0.15, 0.2) is 53.9 Å². The normalized spacial score (nSPS) is 10.5. The molecule has 28 heavy (non-hydrogen) atoms. The molecule has 0 fully saturated rings. The monoisotopic (exact) mass is 416 g/mol. The van der Waals surface area contributed by atoms with Crippen molar-refractivity contribution in [1.82, 2.24) is 9.88 Å². The lowest BCUT2D eigenvalue weighted by Gasteiger charge is -2.18. The van der Waals surface area contributed by atoms with E-state index in [1.54, 1.807) is 47.5 Å². The molecule has 146 valence electrons. The summed E-state index contributed by atoms with van der Waals surface area (Å²) in [6.07, 6.45) is 0. The molecular formula is C21H21ClN2O3S. The summed E-state index contributed by atoms with van der Waals surface area (Å²) in [5.41, 5.74) is 1.45. The molecule has 1 aromatic heterocycles. The Bertz CT molecular complexity index is 945. The molecule has 7 heteroatoms. The Labute approximate surface area is 173 Å². The molecule has 0 atom stereocenters. The van der Waals surface area contributed by atoms with Crippen LogP contribution in [0, 0.1) is 6.92 Å². The smallest absolute Gasteiger partial charge is 0.253 e. The zero-order chi connectivity index (χ0) is 19.9. The molecule has 5 nitrogen and oxygen atoms in total. The molecule has 0 unspecified atom stereocenters. The number of benzene rings is 2. The molecule has 3 aromatic rings. The van der Waals surface area contributed by atoms with Gasteiger partial charge >= 0.3 is 0 Å². The third-order valence-corrected chi connectivity index (χ3v) is 5.03. The van der Waals surface area contributed by atoms with Gasteiger partial charge in [0.15, 0.2) is 0 Å². The number of carbonyl (C=O) groups is 1. The van der Waals surface area contributed by atoms with Crippen molar-refractivity contribution in [3.05, 3.63) is 75.2 Å². The van der Waals surface area contributed by atoms with Crippen LogP contribution < -0.4 is 9.47 Å². The number of carbonyl (C=O) groups excluding carboxylic acids is 1. The van der Waals surface area contributed by atoms with Crippen molar-refractivity contribution < 1.29 is 14.3 Å². The van der Waals surface area contributed by atoms with Gasteiger partial charge in [0.05, 0.1) is 17.2 Å². The lowest BCUT2D eigenvalue weighted by Crippen LogP contribution is -2.30. The number of halogens is 1. The van der Waals surface area contributed by atoms with Crippen LogP contribution in [0.1, 0.15) is 21.1 Å². The second-order valence-electron chi connectivity index (χ2n) is 6.21. The number of ether oxygens (including phenoxy) is 2. The van der Waals surface area contributed by atoms with Gasteiger partial charge in [-0.05, 0) is 43.3 Å². The zero-order valence-corrected chi connectivity index (χ0v) is 17.3. The molecule has 2 aromatic carbocycles. The lowest BCUT2D eigenvalue weighted by atomic mass is 10.2. The number of nitrogens with zero attached hydrogens (tertiary/aromatic N) is 2. The summed E-state index contributed by atoms with van der Waals surface area (Å²) in [6.45, 7) is 3.17. The van der Waals surface area contributed by atoms with E-state index in [1.165, 1.54) is 0 Å². The predicted octanol–water partition coefficient (Wildman–Crippen LogP) is 4.83. The van der Waals surface area contributed by atoms with Crippen LogP contribution in [-0.4, -0.2) is 36.0 Å². The number of likely N-dealkylation sites (N-methyl/N-ethyl adjacent to an activating group) is 1. The summed E-state index contributed by atoms with van der Waals surface area (Å²) in [4.78, 5) is 18.6. The van der Waals surface area contributed by atoms with Gasteiger partial charge in [-0.2, -0.15) is 0 Å². The standard InChI is InChI=1S/C21H21ClN2O3S/c1-15-23-18(14-28-15)13-27-19-7-3-5-16(11-19)21(25)24(2)9-10-26-20-8-4-6-17(22)12-20/h3-8,11-12,14H,9-10,13H2,1-2H3. The molecule has 0 aliphatic carbocycles. The van der Waals surface area contributed by atoms with E-state index in [-0.39, 0.29) is 5.91 Å². The maximum atomic E-state index is 12.7. The summed E-state index contributed by atoms with van der Waals surface area (Å²) in [7, 11) is 1.75. The number of hydrogen-bond acceptors (Lipinski definition) is 5. The van der Waals surface area contributed by atoms with Gasteiger partial charge in [0.1, 0.15) is 24.7 Å². The fraction of sp³-hybridized carbons (Fsp3) is 0.238. The van der Waals surface area contributed by atoms with E-state index in [0.717, 1.165) is 10.7 Å². The summed E-state index contributed by atoms with van der Waals surface area (Å²) >= 11 is 7.52. The number of hydrogen-bond donors (Lipinski definition) is 0. The Balaban J connectivity index is 1.52. The van der Waals surface area contributed by atoms with E-state index in [0.29, 0.717) is 41.8 Å². The van der Waals surface area contributed by atoms with E-state index >= 15 is 0 Å². The van der Waals surface area contributed by atoms with E-state index in [9.17, 15) is 4.79 Å². The molecule has 0 aliphatic heterocycles. The van der Waals surface area contributed by atoms with Crippen LogP contribution in [0.25, 0.3) is 0 Å². The van der Waals surface area contributed by atoms with Gasteiger partial charge in [0.25, 0.3) is 5.91 Å². The van der Waals surface area contributed by atoms with Gasteiger partial charge in [0, 0.05) is 23.0 Å². The Morgan fingerprint density at radius 1 is 1.14 bits per heavy atom. The fourth-order valence-electron chi connectivity index (χ4n) is 2.53. The molecular weight excluding hydrogens is 396 g/mol. The highest BCUT2D eigenvalue weighted by molar-refractivity contribution is 7.09. The highest BCUT2D eigenvalue weighted by Crippen LogP contribution is 2.18. The van der Waals surface area contributed by atoms with Crippen molar-refractivity contribution in [2.45, 2.75) is 13.5 Å². The first kappa shape index (κ1) is 20.2. The SMILES string of the molecule is Cc1nc(COc2cccc(C(=O)N(C)CCOc3cccc(Cl)c3)c2)cs1. The second kappa shape index (κ2) is 9.57. The highest BCUT2D eigenvalue weighted by Gasteiger charge is 2.13. The quantitative estimate of drug-likeness (QED) is 0.527. The highest BCUT2D eigenvalue weighted by atomic mass is 35.5. The lowest BCUT2D eigenvalue weighted by molar-refractivity contribution is 0.0773. The Hall–Kier alpha value is -2.57. The average molecular weight is 417 g/mol. The van der Waals surface area contributed by atoms with Crippen LogP contribution in [0.3, 0.4) is 0 Å². The van der Waals surface area contributed by atoms with Gasteiger partial charge in [0.2, 0.25) is 0 Å². The molecule has 3 rings (SSSR count). The predicted molar refractivity (Wildman–Crippen MR) is 112 cm³/mol. The van der Waals surface area contributed by atoms with Gasteiger partial charge < -0.3 is 14.4 Å². The largest absolute Gasteiger partial charge is 0.492 e. The number of amides is 1. The molecule has 0 aliphatic rings. The number of aryl methyl sites for hydroxylation is 1. The maximum Gasteiger partial charge on any atom is 0.253 e. The third-order valence-electron chi connectivity index (χ3n) is 3.97. The van der Waals surface area contributed by atoms with Crippen molar-refractivity contribution in [2.24, 2.45) is 0 Å². The molecule has 1 amide bonds. The van der Waals surface area contributed by atoms with Crippen LogP contribution in [0.4, 0.5) is 0 Å². The summed E-state index contributed by atoms with van der Waals surface area (Å²) < 4.78 is 11.4. The minimum atomic E-state index is -0.0929. The Kier molecular flexibility index (Phi) is 6.90. The van der Waals surface area contributed by atoms with Crippen molar-refractivity contribution in [3.63, 3.8) is 0 Å². The zero-order valence-electron chi connectivity index (χ0n) is 15.7. The first-order valence-corrected chi connectivity index (χ1v) is 10.0. The average Bonchev–Trinajstić information content (AvgIpc) is 3.11. The van der Waals surface area contributed by atoms with Crippen LogP contribution >= 0.6 is 22.9 Å². The first-order chi connectivity index (χ1) is 13.5. The molecule has 0 bridgehead atoms. The molecule has 0 N–H and O–H groups in total. The second-order valence-corrected chi connectivity index (χ2v) is 7.71. The Morgan fingerprint density at radius 3 is 2.61 bits per heavy atom. The van der Waals surface area contributed by atoms with Gasteiger partial charge in [-0.3, -0.25) is 4.79 Å². The fourth-order valence-corrected chi connectivity index (χ4v) is 3.31. The molecule has 1 heterocycles. The number of rotatable bonds is 8. The van der Waals surface area contributed by atoms with Crippen molar-refractivity contribution >= 4 is 28.8 Å². The third kappa shape index (κ3) is 5.71. The summed E-state index contributed by atoms with van der Waals surface area (Å²) in [5.74, 6) is 1.23. The first-order valence-electron chi connectivity index (χ1n) is 8.79. The van der Waals surface area contributed by atoms with Gasteiger partial charge in [-0.25, -0.2) is 4.98 Å². The molecule has 0 saturated carbocycles. The minimum absolute atomic E-state index is 0.0929. The van der Waals surface area contributed by atoms with E-state index in [4.69, 9.17) is 21.1 Å². The van der Waals surface area contributed by atoms with E-state index < -0.39 is 0 Å². The van der Waals surface area contributed by atoms with Crippen LogP contribution in [0.5, 0.6) is 11.5 Å². The molecule has 0 spiro atoms. The topological polar surface area (TPSA) is 51.7 Å².